The number of nitrogens with two attached hydrogens (primary N) is 1. The Labute approximate surface area is 201 Å². The number of aromatic nitrogens is 9. The van der Waals surface area contributed by atoms with Crippen LogP contribution >= 0.6 is 0 Å². The average Bonchev–Trinajstić information content (AvgIpc) is 3.51. The maximum absolute atomic E-state index is 13.2. The molecule has 184 valence electrons. The van der Waals surface area contributed by atoms with Gasteiger partial charge in [0.1, 0.15) is 29.8 Å². The molecule has 5 heterocycles. The lowest BCUT2D eigenvalue weighted by molar-refractivity contribution is -0.137. The van der Waals surface area contributed by atoms with Gasteiger partial charge in [0, 0.05) is 24.2 Å². The minimum absolute atomic E-state index is 0.00535. The van der Waals surface area contributed by atoms with Crippen LogP contribution < -0.4 is 10.5 Å². The number of methoxy groups -OCH3 is 1. The lowest BCUT2D eigenvalue weighted by atomic mass is 10.1. The van der Waals surface area contributed by atoms with E-state index in [1.165, 1.54) is 24.4 Å². The number of hydrogen-bond donors (Lipinski definition) is 1. The van der Waals surface area contributed by atoms with Crippen molar-refractivity contribution in [1.82, 2.24) is 44.5 Å². The lowest BCUT2D eigenvalue weighted by Crippen LogP contribution is -2.10. The molecule has 0 aromatic carbocycles. The molecule has 0 saturated heterocycles. The number of alkyl halides is 3. The number of halogens is 3. The van der Waals surface area contributed by atoms with Crippen molar-refractivity contribution < 1.29 is 17.9 Å². The summed E-state index contributed by atoms with van der Waals surface area (Å²) in [4.78, 5) is 20.9. The first-order chi connectivity index (χ1) is 17.3. The molecule has 0 fully saturated rings. The zero-order valence-corrected chi connectivity index (χ0v) is 19.0. The summed E-state index contributed by atoms with van der Waals surface area (Å²) >= 11 is 0. The fraction of sp³-hybridized carbons (Fsp3) is 0.227. The molecule has 0 saturated carbocycles. The number of anilines is 1. The fourth-order valence-electron chi connectivity index (χ4n) is 4.03. The number of nitrogen functional groups attached to an aromatic ring is 1. The number of ether oxygens (including phenoxy) is 1. The third-order valence-electron chi connectivity index (χ3n) is 5.68. The summed E-state index contributed by atoms with van der Waals surface area (Å²) in [5.41, 5.74) is 7.68. The summed E-state index contributed by atoms with van der Waals surface area (Å²) in [5, 5.41) is 8.82. The third kappa shape index (κ3) is 3.95. The zero-order chi connectivity index (χ0) is 25.4. The molecular formula is C22H19F3N10O. The molecule has 0 spiro atoms. The summed E-state index contributed by atoms with van der Waals surface area (Å²) in [6.07, 6.45) is 4.83. The van der Waals surface area contributed by atoms with Gasteiger partial charge in [-0.25, -0.2) is 29.6 Å². The molecular weight excluding hydrogens is 477 g/mol. The van der Waals surface area contributed by atoms with Crippen molar-refractivity contribution in [3.63, 3.8) is 0 Å². The van der Waals surface area contributed by atoms with Crippen LogP contribution in [-0.2, 0) is 6.18 Å². The summed E-state index contributed by atoms with van der Waals surface area (Å²) in [7, 11) is 1.50. The van der Waals surface area contributed by atoms with E-state index in [1.54, 1.807) is 12.4 Å². The number of fused-ring (bicyclic) bond motifs is 1. The quantitative estimate of drug-likeness (QED) is 0.375. The van der Waals surface area contributed by atoms with Crippen LogP contribution in [0.5, 0.6) is 5.88 Å². The summed E-state index contributed by atoms with van der Waals surface area (Å²) in [6.45, 7) is 1.94. The van der Waals surface area contributed by atoms with Crippen molar-refractivity contribution in [1.29, 1.82) is 0 Å². The first kappa shape index (κ1) is 23.1. The Balaban J connectivity index is 1.62. The van der Waals surface area contributed by atoms with Gasteiger partial charge in [0.05, 0.1) is 35.9 Å². The van der Waals surface area contributed by atoms with E-state index < -0.39 is 11.7 Å². The van der Waals surface area contributed by atoms with Gasteiger partial charge in [0.25, 0.3) is 0 Å². The SMILES string of the molecule is CCC(c1cn(-c2cc(C(F)(F)F)ccn2)nn1)n1cc(-c2cncnc2OC)c2c(N)ncnc21. The van der Waals surface area contributed by atoms with Gasteiger partial charge in [-0.2, -0.15) is 13.2 Å². The molecule has 5 rings (SSSR count). The molecule has 5 aromatic heterocycles. The van der Waals surface area contributed by atoms with Gasteiger partial charge < -0.3 is 15.0 Å². The van der Waals surface area contributed by atoms with Gasteiger partial charge in [0.15, 0.2) is 5.82 Å². The van der Waals surface area contributed by atoms with Gasteiger partial charge >= 0.3 is 6.18 Å². The highest BCUT2D eigenvalue weighted by Gasteiger charge is 2.31. The summed E-state index contributed by atoms with van der Waals surface area (Å²) in [6, 6.07) is 1.43. The first-order valence-electron chi connectivity index (χ1n) is 10.7. The van der Waals surface area contributed by atoms with Gasteiger partial charge in [-0.1, -0.05) is 12.1 Å². The molecule has 11 nitrogen and oxygen atoms in total. The zero-order valence-electron chi connectivity index (χ0n) is 19.0. The topological polar surface area (TPSA) is 135 Å². The highest BCUT2D eigenvalue weighted by Crippen LogP contribution is 2.38. The van der Waals surface area contributed by atoms with Crippen molar-refractivity contribution in [2.24, 2.45) is 0 Å². The van der Waals surface area contributed by atoms with Crippen LogP contribution in [0.2, 0.25) is 0 Å². The number of pyridine rings is 1. The Morgan fingerprint density at radius 2 is 1.92 bits per heavy atom. The lowest BCUT2D eigenvalue weighted by Gasteiger charge is -2.15. The van der Waals surface area contributed by atoms with Crippen LogP contribution in [0, 0.1) is 0 Å². The third-order valence-corrected chi connectivity index (χ3v) is 5.68. The van der Waals surface area contributed by atoms with E-state index in [0.29, 0.717) is 40.2 Å². The second-order valence-corrected chi connectivity index (χ2v) is 7.77. The second-order valence-electron chi connectivity index (χ2n) is 7.77. The minimum Gasteiger partial charge on any atom is -0.480 e. The highest BCUT2D eigenvalue weighted by atomic mass is 19.4. The molecule has 0 amide bonds. The van der Waals surface area contributed by atoms with Crippen LogP contribution in [0.4, 0.5) is 19.0 Å². The predicted octanol–water partition coefficient (Wildman–Crippen LogP) is 3.47. The molecule has 5 aromatic rings. The maximum atomic E-state index is 13.2. The van der Waals surface area contributed by atoms with Gasteiger partial charge in [-0.15, -0.1) is 5.10 Å². The van der Waals surface area contributed by atoms with Gasteiger partial charge in [-0.05, 0) is 18.6 Å². The van der Waals surface area contributed by atoms with E-state index in [2.05, 4.69) is 35.2 Å². The Bertz CT molecular complexity index is 1540. The van der Waals surface area contributed by atoms with Crippen molar-refractivity contribution in [3.05, 3.63) is 60.8 Å². The Kier molecular flexibility index (Phi) is 5.70. The van der Waals surface area contributed by atoms with Crippen LogP contribution in [0.1, 0.15) is 30.6 Å². The average molecular weight is 496 g/mol. The number of nitrogens with zero attached hydrogens (tertiary/aromatic N) is 9. The second kappa shape index (κ2) is 8.87. The first-order valence-corrected chi connectivity index (χ1v) is 10.7. The Hall–Kier alpha value is -4.62. The molecule has 0 radical (unpaired) electrons. The van der Waals surface area contributed by atoms with E-state index in [1.807, 2.05) is 17.7 Å². The van der Waals surface area contributed by atoms with Crippen LogP contribution in [0.3, 0.4) is 0 Å². The van der Waals surface area contributed by atoms with E-state index in [9.17, 15) is 13.2 Å². The smallest absolute Gasteiger partial charge is 0.416 e. The monoisotopic (exact) mass is 496 g/mol. The van der Waals surface area contributed by atoms with E-state index >= 15 is 0 Å². The van der Waals surface area contributed by atoms with Crippen molar-refractivity contribution in [2.75, 3.05) is 12.8 Å². The van der Waals surface area contributed by atoms with Crippen molar-refractivity contribution in [3.8, 4) is 22.8 Å². The Morgan fingerprint density at radius 1 is 1.08 bits per heavy atom. The summed E-state index contributed by atoms with van der Waals surface area (Å²) < 4.78 is 47.9. The standard InChI is InChI=1S/C22H19F3N10O/c1-3-16(15-9-35(33-32-15)17-6-12(4-5-28-17)22(23,24)25)34-8-14(13-7-27-10-31-21(13)36-2)18-19(26)29-11-30-20(18)34/h4-11,16H,3H2,1-2H3,(H2,26,29,30). The van der Waals surface area contributed by atoms with Crippen LogP contribution in [-0.4, -0.2) is 51.6 Å². The van der Waals surface area contributed by atoms with Crippen LogP contribution in [0.25, 0.3) is 28.0 Å². The van der Waals surface area contributed by atoms with Crippen LogP contribution in [0.15, 0.2) is 49.6 Å². The molecule has 0 aliphatic heterocycles. The maximum Gasteiger partial charge on any atom is 0.416 e. The fourth-order valence-corrected chi connectivity index (χ4v) is 4.03. The largest absolute Gasteiger partial charge is 0.480 e. The molecule has 2 N–H and O–H groups in total. The Morgan fingerprint density at radius 3 is 2.67 bits per heavy atom. The van der Waals surface area contributed by atoms with E-state index in [4.69, 9.17) is 10.5 Å². The molecule has 0 aliphatic carbocycles. The summed E-state index contributed by atoms with van der Waals surface area (Å²) in [5.74, 6) is 0.600. The van der Waals surface area contributed by atoms with E-state index in [-0.39, 0.29) is 17.7 Å². The number of hydrogen-bond acceptors (Lipinski definition) is 9. The normalized spacial score (nSPS) is 12.7. The molecule has 0 aliphatic rings. The molecule has 0 bridgehead atoms. The molecule has 1 atom stereocenters. The van der Waals surface area contributed by atoms with E-state index in [0.717, 1.165) is 18.3 Å². The van der Waals surface area contributed by atoms with Crippen molar-refractivity contribution >= 4 is 16.9 Å². The van der Waals surface area contributed by atoms with Gasteiger partial charge in [-0.3, -0.25) is 0 Å². The van der Waals surface area contributed by atoms with Crippen molar-refractivity contribution in [2.45, 2.75) is 25.6 Å². The predicted molar refractivity (Wildman–Crippen MR) is 122 cm³/mol. The molecule has 1 unspecified atom stereocenters. The minimum atomic E-state index is -4.50. The molecule has 36 heavy (non-hydrogen) atoms. The van der Waals surface area contributed by atoms with Gasteiger partial charge in [0.2, 0.25) is 5.88 Å². The molecule has 14 heteroatoms. The highest BCUT2D eigenvalue weighted by molar-refractivity contribution is 6.01. The number of rotatable bonds is 6.